The molecule has 2 aromatic rings. The molecule has 5 heteroatoms. The second-order valence-electron chi connectivity index (χ2n) is 4.45. The Labute approximate surface area is 137 Å². The number of ketones is 1. The lowest BCUT2D eigenvalue weighted by molar-refractivity contribution is 0.103. The van der Waals surface area contributed by atoms with Gasteiger partial charge in [0.05, 0.1) is 20.1 Å². The highest BCUT2D eigenvalue weighted by Gasteiger charge is 2.20. The molecule has 2 rings (SSSR count). The quantitative estimate of drug-likeness (QED) is 0.595. The first-order valence-corrected chi connectivity index (χ1v) is 7.29. The van der Waals surface area contributed by atoms with Crippen molar-refractivity contribution in [2.24, 2.45) is 0 Å². The molecule has 0 saturated carbocycles. The second kappa shape index (κ2) is 5.95. The van der Waals surface area contributed by atoms with E-state index in [1.54, 1.807) is 24.3 Å². The van der Waals surface area contributed by atoms with Gasteiger partial charge in [0, 0.05) is 11.1 Å². The van der Waals surface area contributed by atoms with Gasteiger partial charge in [0.15, 0.2) is 5.78 Å². The van der Waals surface area contributed by atoms with Gasteiger partial charge in [0.25, 0.3) is 0 Å². The number of rotatable bonds is 2. The summed E-state index contributed by atoms with van der Waals surface area (Å²) in [6.07, 6.45) is 0. The normalized spacial score (nSPS) is 10.7. The maximum Gasteiger partial charge on any atom is 0.196 e. The van der Waals surface area contributed by atoms with Gasteiger partial charge in [-0.2, -0.15) is 0 Å². The minimum Gasteiger partial charge on any atom is -0.288 e. The Bertz CT molecular complexity index is 648. The van der Waals surface area contributed by atoms with Crippen LogP contribution in [0.15, 0.2) is 24.3 Å². The predicted molar refractivity (Wildman–Crippen MR) is 85.8 cm³/mol. The van der Waals surface area contributed by atoms with Gasteiger partial charge in [-0.1, -0.05) is 58.5 Å². The first-order chi connectivity index (χ1) is 9.34. The summed E-state index contributed by atoms with van der Waals surface area (Å²) in [6.45, 7) is 3.64. The molecule has 0 amide bonds. The van der Waals surface area contributed by atoms with Crippen LogP contribution >= 0.6 is 46.4 Å². The van der Waals surface area contributed by atoms with Crippen molar-refractivity contribution in [1.82, 2.24) is 0 Å². The fourth-order valence-electron chi connectivity index (χ4n) is 1.79. The third-order valence-corrected chi connectivity index (χ3v) is 4.99. The van der Waals surface area contributed by atoms with Crippen LogP contribution in [-0.4, -0.2) is 5.78 Å². The Morgan fingerprint density at radius 1 is 0.700 bits per heavy atom. The minimum absolute atomic E-state index is 0.226. The maximum atomic E-state index is 12.5. The van der Waals surface area contributed by atoms with E-state index >= 15 is 0 Å². The average Bonchev–Trinajstić information content (AvgIpc) is 2.42. The summed E-state index contributed by atoms with van der Waals surface area (Å²) in [5.41, 5.74) is 2.23. The van der Waals surface area contributed by atoms with Crippen LogP contribution in [0.1, 0.15) is 27.0 Å². The lowest BCUT2D eigenvalue weighted by atomic mass is 10.0. The van der Waals surface area contributed by atoms with Crippen LogP contribution < -0.4 is 0 Å². The van der Waals surface area contributed by atoms with Crippen molar-refractivity contribution in [3.05, 3.63) is 66.6 Å². The van der Waals surface area contributed by atoms with Crippen molar-refractivity contribution >= 4 is 52.2 Å². The number of carbonyl (C=O) groups excluding carboxylic acids is 1. The van der Waals surface area contributed by atoms with E-state index < -0.39 is 0 Å². The topological polar surface area (TPSA) is 17.1 Å². The highest BCUT2D eigenvalue weighted by Crippen LogP contribution is 2.34. The van der Waals surface area contributed by atoms with E-state index in [0.29, 0.717) is 21.2 Å². The van der Waals surface area contributed by atoms with Gasteiger partial charge in [0.2, 0.25) is 0 Å². The van der Waals surface area contributed by atoms with E-state index in [1.807, 2.05) is 13.8 Å². The number of carbonyl (C=O) groups is 1. The molecule has 0 heterocycles. The largest absolute Gasteiger partial charge is 0.288 e. The molecular weight excluding hydrogens is 338 g/mol. The smallest absolute Gasteiger partial charge is 0.196 e. The Morgan fingerprint density at radius 2 is 1.05 bits per heavy atom. The van der Waals surface area contributed by atoms with Crippen LogP contribution in [0.5, 0.6) is 0 Å². The van der Waals surface area contributed by atoms with Crippen molar-refractivity contribution in [3.8, 4) is 0 Å². The Kier molecular flexibility index (Phi) is 4.66. The summed E-state index contributed by atoms with van der Waals surface area (Å²) in [5.74, 6) is -0.302. The van der Waals surface area contributed by atoms with Crippen molar-refractivity contribution < 1.29 is 4.79 Å². The first kappa shape index (κ1) is 15.7. The number of hydrogen-bond donors (Lipinski definition) is 0. The van der Waals surface area contributed by atoms with Gasteiger partial charge < -0.3 is 0 Å². The van der Waals surface area contributed by atoms with E-state index in [1.165, 1.54) is 0 Å². The van der Waals surface area contributed by atoms with Gasteiger partial charge in [-0.25, -0.2) is 0 Å². The van der Waals surface area contributed by atoms with Gasteiger partial charge in [-0.3, -0.25) is 4.79 Å². The molecule has 104 valence electrons. The monoisotopic (exact) mass is 346 g/mol. The molecule has 0 radical (unpaired) electrons. The third kappa shape index (κ3) is 2.68. The van der Waals surface area contributed by atoms with Crippen LogP contribution in [0.25, 0.3) is 0 Å². The van der Waals surface area contributed by atoms with Crippen molar-refractivity contribution in [3.63, 3.8) is 0 Å². The summed E-state index contributed by atoms with van der Waals surface area (Å²) in [7, 11) is 0. The van der Waals surface area contributed by atoms with E-state index in [4.69, 9.17) is 46.4 Å². The fourth-order valence-corrected chi connectivity index (χ4v) is 2.71. The van der Waals surface area contributed by atoms with Crippen molar-refractivity contribution in [1.29, 1.82) is 0 Å². The molecule has 0 aliphatic carbocycles. The number of hydrogen-bond acceptors (Lipinski definition) is 1. The van der Waals surface area contributed by atoms with Gasteiger partial charge in [-0.05, 0) is 37.1 Å². The van der Waals surface area contributed by atoms with E-state index in [-0.39, 0.29) is 15.8 Å². The van der Waals surface area contributed by atoms with E-state index in [2.05, 4.69) is 0 Å². The Morgan fingerprint density at radius 3 is 1.40 bits per heavy atom. The van der Waals surface area contributed by atoms with Crippen LogP contribution in [-0.2, 0) is 0 Å². The Hall–Kier alpha value is -0.730. The SMILES string of the molecule is Cc1ccc(C(=O)c2ccc(C)c(Cl)c2Cl)c(Cl)c1Cl. The van der Waals surface area contributed by atoms with Crippen molar-refractivity contribution in [2.45, 2.75) is 13.8 Å². The molecule has 0 aliphatic heterocycles. The average molecular weight is 348 g/mol. The molecule has 2 aromatic carbocycles. The number of benzene rings is 2. The molecule has 0 aromatic heterocycles. The molecule has 0 fully saturated rings. The second-order valence-corrected chi connectivity index (χ2v) is 5.96. The van der Waals surface area contributed by atoms with Crippen LogP contribution in [0.4, 0.5) is 0 Å². The summed E-state index contributed by atoms with van der Waals surface area (Å²) in [6, 6.07) is 6.75. The molecule has 20 heavy (non-hydrogen) atoms. The summed E-state index contributed by atoms with van der Waals surface area (Å²) < 4.78 is 0. The molecule has 0 bridgehead atoms. The zero-order valence-corrected chi connectivity index (χ0v) is 13.8. The standard InChI is InChI=1S/C15H10Cl4O/c1-7-3-5-9(13(18)11(7)16)15(20)10-6-4-8(2)12(17)14(10)19/h3-6H,1-2H3. The molecule has 0 atom stereocenters. The molecule has 0 saturated heterocycles. The number of halogens is 4. The molecule has 0 spiro atoms. The molecular formula is C15H10Cl4O. The summed E-state index contributed by atoms with van der Waals surface area (Å²) >= 11 is 24.4. The highest BCUT2D eigenvalue weighted by molar-refractivity contribution is 6.47. The maximum absolute atomic E-state index is 12.5. The van der Waals surface area contributed by atoms with Gasteiger partial charge in [0.1, 0.15) is 0 Å². The fraction of sp³-hybridized carbons (Fsp3) is 0.133. The zero-order valence-electron chi connectivity index (χ0n) is 10.7. The van der Waals surface area contributed by atoms with Gasteiger partial charge in [-0.15, -0.1) is 0 Å². The van der Waals surface area contributed by atoms with Gasteiger partial charge >= 0.3 is 0 Å². The lowest BCUT2D eigenvalue weighted by Crippen LogP contribution is -2.04. The minimum atomic E-state index is -0.302. The highest BCUT2D eigenvalue weighted by atomic mass is 35.5. The predicted octanol–water partition coefficient (Wildman–Crippen LogP) is 6.15. The number of aryl methyl sites for hydroxylation is 2. The van der Waals surface area contributed by atoms with Crippen molar-refractivity contribution in [2.75, 3.05) is 0 Å². The zero-order chi connectivity index (χ0) is 15.0. The molecule has 0 unspecified atom stereocenters. The summed E-state index contributed by atoms with van der Waals surface area (Å²) in [4.78, 5) is 12.5. The first-order valence-electron chi connectivity index (χ1n) is 5.78. The molecule has 1 nitrogen and oxygen atoms in total. The third-order valence-electron chi connectivity index (χ3n) is 3.04. The molecule has 0 N–H and O–H groups in total. The van der Waals surface area contributed by atoms with Crippen LogP contribution in [0.2, 0.25) is 20.1 Å². The Balaban J connectivity index is 2.58. The molecule has 0 aliphatic rings. The lowest BCUT2D eigenvalue weighted by Gasteiger charge is -2.10. The van der Waals surface area contributed by atoms with E-state index in [0.717, 1.165) is 11.1 Å². The van der Waals surface area contributed by atoms with Crippen LogP contribution in [0.3, 0.4) is 0 Å². The summed E-state index contributed by atoms with van der Waals surface area (Å²) in [5, 5.41) is 1.19. The van der Waals surface area contributed by atoms with E-state index in [9.17, 15) is 4.79 Å². The van der Waals surface area contributed by atoms with Crippen LogP contribution in [0, 0.1) is 13.8 Å².